The fourth-order valence-electron chi connectivity index (χ4n) is 1.61. The Morgan fingerprint density at radius 3 is 2.47 bits per heavy atom. The van der Waals surface area contributed by atoms with Crippen molar-refractivity contribution in [2.75, 3.05) is 5.06 Å². The van der Waals surface area contributed by atoms with Crippen LogP contribution in [0.15, 0.2) is 42.5 Å². The molecule has 2 aromatic rings. The van der Waals surface area contributed by atoms with Crippen LogP contribution in [-0.2, 0) is 0 Å². The minimum absolute atomic E-state index is 0.150. The summed E-state index contributed by atoms with van der Waals surface area (Å²) >= 11 is 2.19. The van der Waals surface area contributed by atoms with E-state index in [1.807, 2.05) is 19.1 Å². The van der Waals surface area contributed by atoms with E-state index in [4.69, 9.17) is 0 Å². The van der Waals surface area contributed by atoms with Crippen LogP contribution < -0.4 is 5.06 Å². The molecular weight excluding hydrogens is 332 g/mol. The molecule has 0 aliphatic rings. The van der Waals surface area contributed by atoms with Gasteiger partial charge in [0.1, 0.15) is 11.5 Å². The fraction of sp³-hybridized carbons (Fsp3) is 0.0769. The highest BCUT2D eigenvalue weighted by Gasteiger charge is 2.12. The van der Waals surface area contributed by atoms with Gasteiger partial charge < -0.3 is 0 Å². The minimum Gasteiger partial charge on any atom is -0.283 e. The van der Waals surface area contributed by atoms with E-state index in [1.54, 1.807) is 18.2 Å². The van der Waals surface area contributed by atoms with Gasteiger partial charge in [0.2, 0.25) is 0 Å². The Morgan fingerprint density at radius 2 is 1.82 bits per heavy atom. The lowest BCUT2D eigenvalue weighted by molar-refractivity contribution is 0.296. The molecule has 0 spiro atoms. The molecule has 2 rings (SSSR count). The first-order chi connectivity index (χ1) is 8.09. The zero-order valence-corrected chi connectivity index (χ0v) is 11.3. The molecule has 4 heteroatoms. The molecule has 17 heavy (non-hydrogen) atoms. The van der Waals surface area contributed by atoms with E-state index in [-0.39, 0.29) is 5.69 Å². The molecule has 0 saturated heterocycles. The van der Waals surface area contributed by atoms with Crippen molar-refractivity contribution in [3.8, 4) is 0 Å². The van der Waals surface area contributed by atoms with Crippen LogP contribution in [0.3, 0.4) is 0 Å². The maximum atomic E-state index is 13.5. The molecule has 0 aliphatic carbocycles. The average Bonchev–Trinajstić information content (AvgIpc) is 2.29. The summed E-state index contributed by atoms with van der Waals surface area (Å²) in [5.74, 6) is -0.451. The van der Waals surface area contributed by atoms with Crippen LogP contribution in [0, 0.1) is 16.3 Å². The van der Waals surface area contributed by atoms with Crippen molar-refractivity contribution in [2.24, 2.45) is 0 Å². The van der Waals surface area contributed by atoms with Crippen molar-refractivity contribution in [3.05, 3.63) is 57.4 Å². The van der Waals surface area contributed by atoms with Crippen molar-refractivity contribution in [2.45, 2.75) is 6.92 Å². The Morgan fingerprint density at radius 1 is 1.12 bits per heavy atom. The largest absolute Gasteiger partial charge is 0.283 e. The maximum Gasteiger partial charge on any atom is 0.149 e. The Balaban J connectivity index is 2.44. The zero-order chi connectivity index (χ0) is 12.4. The van der Waals surface area contributed by atoms with Crippen molar-refractivity contribution in [3.63, 3.8) is 0 Å². The van der Waals surface area contributed by atoms with Gasteiger partial charge in [0.05, 0.1) is 5.69 Å². The van der Waals surface area contributed by atoms with Gasteiger partial charge in [0.25, 0.3) is 0 Å². The SMILES string of the molecule is Cc1cc(I)ccc1N(O)c1ccccc1F. The summed E-state index contributed by atoms with van der Waals surface area (Å²) in [4.78, 5) is 0. The van der Waals surface area contributed by atoms with E-state index in [1.165, 1.54) is 12.1 Å². The highest BCUT2D eigenvalue weighted by molar-refractivity contribution is 14.1. The van der Waals surface area contributed by atoms with Crippen LogP contribution in [-0.4, -0.2) is 5.21 Å². The summed E-state index contributed by atoms with van der Waals surface area (Å²) in [7, 11) is 0. The molecular formula is C13H11FINO. The molecule has 0 heterocycles. The highest BCUT2D eigenvalue weighted by Crippen LogP contribution is 2.29. The summed E-state index contributed by atoms with van der Waals surface area (Å²) in [5.41, 5.74) is 1.62. The second-order valence-electron chi connectivity index (χ2n) is 3.69. The van der Waals surface area contributed by atoms with Gasteiger partial charge >= 0.3 is 0 Å². The van der Waals surface area contributed by atoms with Crippen molar-refractivity contribution < 1.29 is 9.60 Å². The standard InChI is InChI=1S/C13H11FINO/c1-9-8-10(15)6-7-12(9)16(17)13-5-3-2-4-11(13)14/h2-8,17H,1H3. The third kappa shape index (κ3) is 2.58. The van der Waals surface area contributed by atoms with Crippen molar-refractivity contribution >= 4 is 34.0 Å². The van der Waals surface area contributed by atoms with Crippen molar-refractivity contribution in [1.29, 1.82) is 0 Å². The molecule has 0 fully saturated rings. The van der Waals surface area contributed by atoms with Gasteiger partial charge in [0, 0.05) is 3.57 Å². The number of aryl methyl sites for hydroxylation is 1. The number of benzene rings is 2. The molecule has 0 aliphatic heterocycles. The minimum atomic E-state index is -0.451. The maximum absolute atomic E-state index is 13.5. The third-order valence-electron chi connectivity index (χ3n) is 2.47. The van der Waals surface area contributed by atoms with E-state index < -0.39 is 5.82 Å². The predicted molar refractivity (Wildman–Crippen MR) is 74.2 cm³/mol. The Hall–Kier alpha value is -1.14. The van der Waals surface area contributed by atoms with Gasteiger partial charge in [-0.1, -0.05) is 12.1 Å². The van der Waals surface area contributed by atoms with E-state index in [2.05, 4.69) is 22.6 Å². The van der Waals surface area contributed by atoms with E-state index in [0.29, 0.717) is 5.69 Å². The number of anilines is 2. The van der Waals surface area contributed by atoms with E-state index >= 15 is 0 Å². The van der Waals surface area contributed by atoms with Crippen molar-refractivity contribution in [1.82, 2.24) is 0 Å². The number of hydrogen-bond acceptors (Lipinski definition) is 2. The molecule has 0 radical (unpaired) electrons. The highest BCUT2D eigenvalue weighted by atomic mass is 127. The summed E-state index contributed by atoms with van der Waals surface area (Å²) in [6.45, 7) is 1.88. The van der Waals surface area contributed by atoms with Gasteiger partial charge in [-0.3, -0.25) is 5.21 Å². The molecule has 1 N–H and O–H groups in total. The summed E-state index contributed by atoms with van der Waals surface area (Å²) in [6.07, 6.45) is 0. The van der Waals surface area contributed by atoms with Crippen LogP contribution >= 0.6 is 22.6 Å². The average molecular weight is 343 g/mol. The molecule has 0 unspecified atom stereocenters. The molecule has 0 aromatic heterocycles. The number of hydrogen-bond donors (Lipinski definition) is 1. The lowest BCUT2D eigenvalue weighted by atomic mass is 10.2. The lowest BCUT2D eigenvalue weighted by Crippen LogP contribution is -2.13. The molecule has 0 atom stereocenters. The smallest absolute Gasteiger partial charge is 0.149 e. The number of nitrogens with zero attached hydrogens (tertiary/aromatic N) is 1. The predicted octanol–water partition coefficient (Wildman–Crippen LogP) is 4.27. The molecule has 0 amide bonds. The normalized spacial score (nSPS) is 10.4. The summed E-state index contributed by atoms with van der Waals surface area (Å²) in [6, 6.07) is 11.7. The molecule has 2 nitrogen and oxygen atoms in total. The quantitative estimate of drug-likeness (QED) is 0.650. The summed E-state index contributed by atoms with van der Waals surface area (Å²) in [5, 5.41) is 10.9. The first-order valence-electron chi connectivity index (χ1n) is 5.09. The monoisotopic (exact) mass is 343 g/mol. The number of halogens is 2. The van der Waals surface area contributed by atoms with Gasteiger partial charge in [-0.05, 0) is 65.4 Å². The van der Waals surface area contributed by atoms with Crippen LogP contribution in [0.2, 0.25) is 0 Å². The fourth-order valence-corrected chi connectivity index (χ4v) is 2.26. The molecule has 2 aromatic carbocycles. The Labute approximate surface area is 113 Å². The zero-order valence-electron chi connectivity index (χ0n) is 9.19. The second kappa shape index (κ2) is 5.01. The molecule has 0 bridgehead atoms. The first-order valence-corrected chi connectivity index (χ1v) is 6.17. The molecule has 0 saturated carbocycles. The number of para-hydroxylation sites is 1. The van der Waals surface area contributed by atoms with Gasteiger partial charge in [0.15, 0.2) is 0 Å². The van der Waals surface area contributed by atoms with Crippen LogP contribution in [0.5, 0.6) is 0 Å². The van der Waals surface area contributed by atoms with Crippen LogP contribution in [0.4, 0.5) is 15.8 Å². The van der Waals surface area contributed by atoms with Gasteiger partial charge in [-0.15, -0.1) is 0 Å². The Bertz CT molecular complexity index is 545. The topological polar surface area (TPSA) is 23.5 Å². The van der Waals surface area contributed by atoms with Gasteiger partial charge in [-0.2, -0.15) is 0 Å². The van der Waals surface area contributed by atoms with E-state index in [0.717, 1.165) is 14.2 Å². The molecule has 88 valence electrons. The van der Waals surface area contributed by atoms with Crippen LogP contribution in [0.25, 0.3) is 0 Å². The van der Waals surface area contributed by atoms with Gasteiger partial charge in [-0.25, -0.2) is 9.45 Å². The third-order valence-corrected chi connectivity index (χ3v) is 3.14. The lowest BCUT2D eigenvalue weighted by Gasteiger charge is -2.19. The number of rotatable bonds is 2. The second-order valence-corrected chi connectivity index (χ2v) is 4.94. The Kier molecular flexibility index (Phi) is 3.63. The summed E-state index contributed by atoms with van der Waals surface area (Å²) < 4.78 is 14.6. The van der Waals surface area contributed by atoms with Crippen LogP contribution in [0.1, 0.15) is 5.56 Å². The first kappa shape index (κ1) is 12.3. The van der Waals surface area contributed by atoms with E-state index in [9.17, 15) is 9.60 Å².